The Hall–Kier alpha value is 7.52. The molecule has 0 heterocycles. The van der Waals surface area contributed by atoms with Crippen molar-refractivity contribution in [3.8, 4) is 0 Å². The van der Waals surface area contributed by atoms with E-state index in [4.69, 9.17) is 0 Å². The summed E-state index contributed by atoms with van der Waals surface area (Å²) in [4.78, 5) is 87.4. The summed E-state index contributed by atoms with van der Waals surface area (Å²) in [7, 11) is -20.3. The molecule has 35 heavy (non-hydrogen) atoms. The molecular weight excluding hydrogens is 625 g/mol. The number of nitrogens with zero attached hydrogens (tertiary/aromatic N) is 2. The fourth-order valence-corrected chi connectivity index (χ4v) is 5.62. The molecule has 25 heteroatoms. The molecule has 0 aliphatic heterocycles. The molecule has 0 aliphatic carbocycles. The van der Waals surface area contributed by atoms with Gasteiger partial charge in [-0.15, -0.1) is 0 Å². The summed E-state index contributed by atoms with van der Waals surface area (Å²) in [5.74, 6) is 0. The third-order valence-corrected chi connectivity index (χ3v) is 6.18. The molecule has 0 aliphatic rings. The monoisotopic (exact) mass is 645 g/mol. The van der Waals surface area contributed by atoms with Crippen LogP contribution < -0.4 is 246 Å². The molecule has 0 aromatic heterocycles. The van der Waals surface area contributed by atoms with E-state index in [1.807, 2.05) is 0 Å². The van der Waals surface area contributed by atoms with E-state index in [9.17, 15) is 57.4 Å². The van der Waals surface area contributed by atoms with Crippen molar-refractivity contribution in [1.29, 1.82) is 0 Å². The zero-order chi connectivity index (χ0) is 22.2. The van der Waals surface area contributed by atoms with Gasteiger partial charge in [-0.25, -0.2) is 0 Å². The summed E-state index contributed by atoms with van der Waals surface area (Å²) < 4.78 is 43.0. The standard InChI is InChI=1S/C10H28N2O12P4.7Na/c13-25(14,15)7-11(8-26(16,17)18)5-3-1-2-4-6-12(9-27(19,20)21)10-28(22,23)24;;;;;;;/h1-10H2,(H2,13,14,15)(H2,16,17,18)(H2,19,20,21)(H2,22,23,24);;;;;;;/q;7*+1/p-8. The van der Waals surface area contributed by atoms with Crippen LogP contribution in [0.15, 0.2) is 0 Å². The normalized spacial score (nSPS) is 11.4. The quantitative estimate of drug-likeness (QED) is 0.0910. The van der Waals surface area contributed by atoms with E-state index in [0.29, 0.717) is 22.6 Å². The first-order chi connectivity index (χ1) is 12.4. The third-order valence-electron chi connectivity index (χ3n) is 3.19. The minimum Gasteiger partial charge on any atom is -0.810 e. The van der Waals surface area contributed by atoms with Crippen LogP contribution in [0.3, 0.4) is 0 Å². The van der Waals surface area contributed by atoms with E-state index in [2.05, 4.69) is 0 Å². The third kappa shape index (κ3) is 48.6. The van der Waals surface area contributed by atoms with Crippen molar-refractivity contribution in [2.24, 2.45) is 0 Å². The molecule has 14 nitrogen and oxygen atoms in total. The molecule has 0 aromatic rings. The first kappa shape index (κ1) is 61.5. The first-order valence-corrected chi connectivity index (χ1v) is 14.8. The summed E-state index contributed by atoms with van der Waals surface area (Å²) in [6.45, 7) is -0.363. The van der Waals surface area contributed by atoms with E-state index in [1.165, 1.54) is 0 Å². The van der Waals surface area contributed by atoms with Crippen molar-refractivity contribution in [3.05, 3.63) is 0 Å². The molecule has 0 amide bonds. The fourth-order valence-electron chi connectivity index (χ4n) is 2.38. The summed E-state index contributed by atoms with van der Waals surface area (Å²) in [5.41, 5.74) is 0. The van der Waals surface area contributed by atoms with Crippen molar-refractivity contribution in [1.82, 2.24) is 9.80 Å². The second-order valence-electron chi connectivity index (χ2n) is 6.21. The van der Waals surface area contributed by atoms with Gasteiger partial charge < -0.3 is 57.4 Å². The molecule has 0 atom stereocenters. The second-order valence-corrected chi connectivity index (χ2v) is 12.2. The predicted octanol–water partition coefficient (Wildman–Crippen LogP) is -26.3. The Morgan fingerprint density at radius 2 is 0.543 bits per heavy atom. The van der Waals surface area contributed by atoms with Crippen LogP contribution in [0.2, 0.25) is 0 Å². The molecule has 0 rings (SSSR count). The van der Waals surface area contributed by atoms with E-state index in [1.54, 1.807) is 0 Å². The molecule has 0 bridgehead atoms. The van der Waals surface area contributed by atoms with Crippen LogP contribution in [0, 0.1) is 0 Å². The van der Waals surface area contributed by atoms with E-state index in [-0.39, 0.29) is 233 Å². The van der Waals surface area contributed by atoms with Gasteiger partial charge in [0.2, 0.25) is 0 Å². The Morgan fingerprint density at radius 1 is 0.371 bits per heavy atom. The maximum absolute atomic E-state index is 10.7. The van der Waals surface area contributed by atoms with Gasteiger partial charge in [0.05, 0.1) is 0 Å². The predicted molar refractivity (Wildman–Crippen MR) is 81.8 cm³/mol. The summed E-state index contributed by atoms with van der Waals surface area (Å²) >= 11 is 0. The molecular formula is C10H20N2Na7O12P4-. The topological polar surface area (TPSA) is 259 Å². The number of unbranched alkanes of at least 4 members (excludes halogenated alkanes) is 3. The zero-order valence-electron chi connectivity index (χ0n) is 21.7. The first-order valence-electron chi connectivity index (χ1n) is 7.85. The van der Waals surface area contributed by atoms with Gasteiger partial charge in [0, 0.05) is 25.1 Å². The Kier molecular flexibility index (Phi) is 53.1. The van der Waals surface area contributed by atoms with Gasteiger partial charge in [-0.05, 0) is 25.9 Å². The van der Waals surface area contributed by atoms with Crippen molar-refractivity contribution in [2.45, 2.75) is 25.7 Å². The Labute approximate surface area is 361 Å². The molecule has 0 unspecified atom stereocenters. The van der Waals surface area contributed by atoms with Gasteiger partial charge in [-0.2, -0.15) is 0 Å². The van der Waals surface area contributed by atoms with E-state index in [0.717, 1.165) is 0 Å². The molecule has 0 radical (unpaired) electrons. The number of hydrogen-bond acceptors (Lipinski definition) is 14. The second kappa shape index (κ2) is 30.2. The molecule has 0 aromatic carbocycles. The summed E-state index contributed by atoms with van der Waals surface area (Å²) in [6.07, 6.45) is -3.48. The summed E-state index contributed by atoms with van der Waals surface area (Å²) in [5, 5.41) is 0. The summed E-state index contributed by atoms with van der Waals surface area (Å²) in [6, 6.07) is 0. The minimum absolute atomic E-state index is 0. The van der Waals surface area contributed by atoms with Gasteiger partial charge in [0.25, 0.3) is 0 Å². The largest absolute Gasteiger partial charge is 1.00 e. The van der Waals surface area contributed by atoms with Gasteiger partial charge in [0.15, 0.2) is 0 Å². The molecule has 0 N–H and O–H groups in total. The van der Waals surface area contributed by atoms with Crippen molar-refractivity contribution in [2.75, 3.05) is 38.2 Å². The average molecular weight is 645 g/mol. The Morgan fingerprint density at radius 3 is 0.686 bits per heavy atom. The van der Waals surface area contributed by atoms with Crippen LogP contribution >= 0.6 is 30.4 Å². The van der Waals surface area contributed by atoms with Crippen LogP contribution in [0.4, 0.5) is 0 Å². The molecule has 0 saturated carbocycles. The van der Waals surface area contributed by atoms with Crippen LogP contribution in [-0.2, 0) is 18.3 Å². The Balaban J connectivity index is -0.000000174. The fraction of sp³-hybridized carbons (Fsp3) is 1.00. The van der Waals surface area contributed by atoms with E-state index < -0.39 is 55.5 Å². The number of rotatable bonds is 15. The smallest absolute Gasteiger partial charge is 0.810 e. The Bertz CT molecular complexity index is 572. The van der Waals surface area contributed by atoms with Gasteiger partial charge in [0.1, 0.15) is 0 Å². The molecule has 0 saturated heterocycles. The van der Waals surface area contributed by atoms with Gasteiger partial charge in [-0.3, -0.25) is 9.80 Å². The maximum atomic E-state index is 10.7. The molecule has 0 fully saturated rings. The van der Waals surface area contributed by atoms with Crippen molar-refractivity contribution in [3.63, 3.8) is 0 Å². The minimum atomic E-state index is -5.07. The van der Waals surface area contributed by atoms with Crippen LogP contribution in [0.25, 0.3) is 0 Å². The maximum Gasteiger partial charge on any atom is 1.00 e. The van der Waals surface area contributed by atoms with Gasteiger partial charge >= 0.3 is 207 Å². The molecule has 0 spiro atoms. The SMILES string of the molecule is O=P([O-])([O-])CN(CCCCCCN(CP(=O)([O-])[O-])CP(=O)([O-])[O-])CP(=O)([O-])[O-].[Na+].[Na+].[Na+].[Na+].[Na+].[Na+].[Na+]. The molecule has 170 valence electrons. The zero-order valence-corrected chi connectivity index (χ0v) is 39.2. The van der Waals surface area contributed by atoms with Gasteiger partial charge in [-0.1, -0.05) is 43.2 Å². The number of hydrogen-bond donors (Lipinski definition) is 0. The van der Waals surface area contributed by atoms with Crippen molar-refractivity contribution < 1.29 is 264 Å². The van der Waals surface area contributed by atoms with Crippen LogP contribution in [0.1, 0.15) is 25.7 Å². The van der Waals surface area contributed by atoms with Crippen LogP contribution in [0.5, 0.6) is 0 Å². The van der Waals surface area contributed by atoms with Crippen molar-refractivity contribution >= 4 is 30.4 Å². The average Bonchev–Trinajstić information content (AvgIpc) is 2.34. The van der Waals surface area contributed by atoms with E-state index >= 15 is 0 Å². The van der Waals surface area contributed by atoms with Crippen LogP contribution in [-0.4, -0.2) is 48.0 Å².